The number of Topliss-reactive ketones (excluding diaryl/α,β-unsaturated/α-hetero) is 2. The van der Waals surface area contributed by atoms with Crippen molar-refractivity contribution >= 4 is 28.7 Å². The third kappa shape index (κ3) is 3.77. The third-order valence-electron chi connectivity index (χ3n) is 7.25. The first-order valence-electron chi connectivity index (χ1n) is 12.9. The second-order valence-electron chi connectivity index (χ2n) is 9.78. The van der Waals surface area contributed by atoms with E-state index in [9.17, 15) is 9.59 Å². The first-order chi connectivity index (χ1) is 19.1. The van der Waals surface area contributed by atoms with Gasteiger partial charge >= 0.3 is 0 Å². The number of carbonyl (C=O) groups excluding carboxylic acids is 2. The molecule has 0 spiro atoms. The SMILES string of the molecule is Cc1ccc2c(c1)C(=O)/C(=C\c1cc3oc(-c4ccccc4)cc3n1-c1ccccc1-c1ccccc1)C2=O. The molecule has 2 heterocycles. The molecule has 0 radical (unpaired) electrons. The zero-order valence-electron chi connectivity index (χ0n) is 21.2. The van der Waals surface area contributed by atoms with Crippen LogP contribution in [0, 0.1) is 6.92 Å². The maximum Gasteiger partial charge on any atom is 0.197 e. The quantitative estimate of drug-likeness (QED) is 0.179. The van der Waals surface area contributed by atoms with Crippen molar-refractivity contribution in [2.45, 2.75) is 6.92 Å². The lowest BCUT2D eigenvalue weighted by molar-refractivity contribution is 0.0990. The fourth-order valence-electron chi connectivity index (χ4n) is 5.38. The molecule has 0 bridgehead atoms. The minimum atomic E-state index is -0.249. The van der Waals surface area contributed by atoms with Crippen molar-refractivity contribution < 1.29 is 14.0 Å². The highest BCUT2D eigenvalue weighted by molar-refractivity contribution is 6.41. The van der Waals surface area contributed by atoms with Crippen molar-refractivity contribution in [3.8, 4) is 28.1 Å². The van der Waals surface area contributed by atoms with Gasteiger partial charge < -0.3 is 8.98 Å². The highest BCUT2D eigenvalue weighted by Gasteiger charge is 2.33. The molecule has 39 heavy (non-hydrogen) atoms. The summed E-state index contributed by atoms with van der Waals surface area (Å²) in [5, 5.41) is 0. The number of carbonyl (C=O) groups is 2. The van der Waals surface area contributed by atoms with Gasteiger partial charge in [-0.05, 0) is 30.7 Å². The van der Waals surface area contributed by atoms with Crippen molar-refractivity contribution in [1.82, 2.24) is 4.57 Å². The fourth-order valence-corrected chi connectivity index (χ4v) is 5.38. The number of aryl methyl sites for hydroxylation is 1. The van der Waals surface area contributed by atoms with Crippen molar-refractivity contribution in [3.05, 3.63) is 143 Å². The van der Waals surface area contributed by atoms with E-state index in [2.05, 4.69) is 28.8 Å². The first-order valence-corrected chi connectivity index (χ1v) is 12.9. The van der Waals surface area contributed by atoms with Crippen LogP contribution < -0.4 is 0 Å². The van der Waals surface area contributed by atoms with Gasteiger partial charge in [-0.25, -0.2) is 0 Å². The summed E-state index contributed by atoms with van der Waals surface area (Å²) in [5.74, 6) is 0.256. The first kappa shape index (κ1) is 22.9. The van der Waals surface area contributed by atoms with Crippen LogP contribution in [0.2, 0.25) is 0 Å². The van der Waals surface area contributed by atoms with Crippen molar-refractivity contribution in [1.29, 1.82) is 0 Å². The normalized spacial score (nSPS) is 13.9. The Bertz CT molecular complexity index is 1940. The Morgan fingerprint density at radius 1 is 0.641 bits per heavy atom. The van der Waals surface area contributed by atoms with Crippen LogP contribution in [-0.4, -0.2) is 16.1 Å². The number of allylic oxidation sites excluding steroid dienone is 1. The van der Waals surface area contributed by atoms with E-state index in [4.69, 9.17) is 4.42 Å². The van der Waals surface area contributed by atoms with Crippen LogP contribution in [0.5, 0.6) is 0 Å². The summed E-state index contributed by atoms with van der Waals surface area (Å²) in [7, 11) is 0. The molecule has 4 aromatic carbocycles. The van der Waals surface area contributed by atoms with E-state index in [1.165, 1.54) is 0 Å². The zero-order valence-corrected chi connectivity index (χ0v) is 21.2. The van der Waals surface area contributed by atoms with Gasteiger partial charge in [0.25, 0.3) is 0 Å². The van der Waals surface area contributed by atoms with Gasteiger partial charge in [0.2, 0.25) is 0 Å². The highest BCUT2D eigenvalue weighted by Crippen LogP contribution is 2.37. The second kappa shape index (κ2) is 8.96. The Balaban J connectivity index is 1.47. The van der Waals surface area contributed by atoms with Gasteiger partial charge in [0.15, 0.2) is 17.1 Å². The zero-order chi connectivity index (χ0) is 26.5. The lowest BCUT2D eigenvalue weighted by atomic mass is 10.0. The van der Waals surface area contributed by atoms with E-state index in [0.717, 1.165) is 39.2 Å². The molecule has 1 aliphatic carbocycles. The predicted octanol–water partition coefficient (Wildman–Crippen LogP) is 8.33. The van der Waals surface area contributed by atoms with Gasteiger partial charge in [-0.3, -0.25) is 9.59 Å². The largest absolute Gasteiger partial charge is 0.454 e. The molecule has 0 saturated carbocycles. The maximum absolute atomic E-state index is 13.4. The van der Waals surface area contributed by atoms with E-state index in [0.29, 0.717) is 22.4 Å². The molecule has 0 saturated heterocycles. The number of nitrogens with zero attached hydrogens (tertiary/aromatic N) is 1. The average molecular weight is 506 g/mol. The summed E-state index contributed by atoms with van der Waals surface area (Å²) in [6, 6.07) is 37.6. The van der Waals surface area contributed by atoms with Gasteiger partial charge in [-0.1, -0.05) is 96.6 Å². The molecule has 7 rings (SSSR count). The average Bonchev–Trinajstić information content (AvgIpc) is 3.60. The number of aromatic nitrogens is 1. The van der Waals surface area contributed by atoms with Gasteiger partial charge in [-0.2, -0.15) is 0 Å². The molecule has 0 fully saturated rings. The second-order valence-corrected chi connectivity index (χ2v) is 9.78. The summed E-state index contributed by atoms with van der Waals surface area (Å²) >= 11 is 0. The number of fused-ring (bicyclic) bond motifs is 2. The summed E-state index contributed by atoms with van der Waals surface area (Å²) in [6.07, 6.45) is 1.71. The smallest absolute Gasteiger partial charge is 0.197 e. The van der Waals surface area contributed by atoms with Crippen LogP contribution >= 0.6 is 0 Å². The van der Waals surface area contributed by atoms with Crippen molar-refractivity contribution in [3.63, 3.8) is 0 Å². The number of hydrogen-bond acceptors (Lipinski definition) is 3. The molecule has 6 aromatic rings. The van der Waals surface area contributed by atoms with Crippen LogP contribution in [0.25, 0.3) is 45.3 Å². The topological polar surface area (TPSA) is 52.2 Å². The lowest BCUT2D eigenvalue weighted by Crippen LogP contribution is -2.04. The number of para-hydroxylation sites is 1. The Labute approximate surface area is 225 Å². The summed E-state index contributed by atoms with van der Waals surface area (Å²) in [5.41, 5.74) is 8.26. The Morgan fingerprint density at radius 3 is 2.08 bits per heavy atom. The fraction of sp³-hybridized carbons (Fsp3) is 0.0286. The Hall–Kier alpha value is -5.22. The lowest BCUT2D eigenvalue weighted by Gasteiger charge is -2.14. The summed E-state index contributed by atoms with van der Waals surface area (Å²) in [4.78, 5) is 26.7. The summed E-state index contributed by atoms with van der Waals surface area (Å²) in [6.45, 7) is 1.92. The molecule has 0 aliphatic heterocycles. The molecule has 0 atom stereocenters. The van der Waals surface area contributed by atoms with E-state index < -0.39 is 0 Å². The molecule has 4 heteroatoms. The van der Waals surface area contributed by atoms with E-state index >= 15 is 0 Å². The van der Waals surface area contributed by atoms with Crippen LogP contribution in [-0.2, 0) is 0 Å². The van der Waals surface area contributed by atoms with Crippen molar-refractivity contribution in [2.24, 2.45) is 0 Å². The van der Waals surface area contributed by atoms with E-state index in [1.807, 2.05) is 85.8 Å². The maximum atomic E-state index is 13.4. The molecule has 1 aliphatic rings. The highest BCUT2D eigenvalue weighted by atomic mass is 16.3. The Kier molecular flexibility index (Phi) is 5.27. The Morgan fingerprint density at radius 2 is 1.31 bits per heavy atom. The van der Waals surface area contributed by atoms with Crippen LogP contribution in [0.15, 0.2) is 125 Å². The summed E-state index contributed by atoms with van der Waals surface area (Å²) < 4.78 is 8.40. The van der Waals surface area contributed by atoms with E-state index in [-0.39, 0.29) is 17.1 Å². The predicted molar refractivity (Wildman–Crippen MR) is 154 cm³/mol. The van der Waals surface area contributed by atoms with Gasteiger partial charge in [-0.15, -0.1) is 0 Å². The third-order valence-corrected chi connectivity index (χ3v) is 7.25. The molecular formula is C35H23NO3. The van der Waals surface area contributed by atoms with Gasteiger partial charge in [0, 0.05) is 34.4 Å². The molecule has 2 aromatic heterocycles. The standard InChI is InChI=1S/C35H23NO3/c1-22-16-17-27-28(18-22)35(38)29(34(27)37)19-25-20-33-31(21-32(39-33)24-12-6-3-7-13-24)36(25)30-15-9-8-14-26(30)23-10-4-2-5-11-23/h2-21H,1H3/b29-19-. The number of benzene rings is 4. The monoisotopic (exact) mass is 505 g/mol. The van der Waals surface area contributed by atoms with Crippen LogP contribution in [0.3, 0.4) is 0 Å². The number of furan rings is 1. The van der Waals surface area contributed by atoms with Crippen LogP contribution in [0.1, 0.15) is 32.0 Å². The molecule has 0 unspecified atom stereocenters. The minimum Gasteiger partial charge on any atom is -0.454 e. The number of hydrogen-bond donors (Lipinski definition) is 0. The molecule has 0 N–H and O–H groups in total. The van der Waals surface area contributed by atoms with Crippen molar-refractivity contribution in [2.75, 3.05) is 0 Å². The molecule has 0 amide bonds. The van der Waals surface area contributed by atoms with Gasteiger partial charge in [0.05, 0.1) is 22.5 Å². The van der Waals surface area contributed by atoms with Gasteiger partial charge in [0.1, 0.15) is 5.76 Å². The van der Waals surface area contributed by atoms with E-state index in [1.54, 1.807) is 18.2 Å². The van der Waals surface area contributed by atoms with Crippen LogP contribution in [0.4, 0.5) is 0 Å². The molecule has 186 valence electrons. The molecule has 4 nitrogen and oxygen atoms in total. The number of ketones is 2. The number of rotatable bonds is 4. The molecular weight excluding hydrogens is 482 g/mol. The minimum absolute atomic E-state index is 0.164.